The minimum Gasteiger partial charge on any atom is -0.360 e. The highest BCUT2D eigenvalue weighted by molar-refractivity contribution is 5.98. The molecule has 0 spiro atoms. The summed E-state index contributed by atoms with van der Waals surface area (Å²) in [6.07, 6.45) is 5.90. The molecular formula is C17H16N6O2. The second-order valence-electron chi connectivity index (χ2n) is 5.77. The van der Waals surface area contributed by atoms with Crippen molar-refractivity contribution in [1.29, 1.82) is 0 Å². The van der Waals surface area contributed by atoms with Crippen LogP contribution in [0, 0.1) is 0 Å². The van der Waals surface area contributed by atoms with Crippen LogP contribution >= 0.6 is 0 Å². The molecule has 8 nitrogen and oxygen atoms in total. The van der Waals surface area contributed by atoms with Crippen molar-refractivity contribution < 1.29 is 9.53 Å². The average molecular weight is 336 g/mol. The number of carbonyl (C=O) groups excluding carboxylic acids is 1. The number of rotatable bonds is 6. The van der Waals surface area contributed by atoms with Crippen LogP contribution in [0.4, 0.5) is 5.95 Å². The standard InChI is InChI=1S/C17H16N6O2/c24-14(17(7-8-17)25-11-13-5-2-1-3-6-13)22-16-20-12-21-23(16)15-18-9-4-10-19-15/h1-6,9-10,12H,7-8,11H2,(H,20,21,22,24). The van der Waals surface area contributed by atoms with E-state index >= 15 is 0 Å². The van der Waals surface area contributed by atoms with Crippen molar-refractivity contribution in [3.05, 3.63) is 60.7 Å². The Morgan fingerprint density at radius 3 is 2.60 bits per heavy atom. The van der Waals surface area contributed by atoms with Crippen LogP contribution in [-0.4, -0.2) is 36.2 Å². The van der Waals surface area contributed by atoms with E-state index in [2.05, 4.69) is 25.4 Å². The molecule has 1 N–H and O–H groups in total. The molecular weight excluding hydrogens is 320 g/mol. The molecule has 25 heavy (non-hydrogen) atoms. The normalized spacial score (nSPS) is 14.9. The Labute approximate surface area is 143 Å². The summed E-state index contributed by atoms with van der Waals surface area (Å²) in [5.41, 5.74) is 0.229. The molecule has 3 aromatic rings. The van der Waals surface area contributed by atoms with Crippen LogP contribution in [0.3, 0.4) is 0 Å². The number of amides is 1. The molecule has 1 aliphatic carbocycles. The van der Waals surface area contributed by atoms with Gasteiger partial charge in [0.1, 0.15) is 11.9 Å². The van der Waals surface area contributed by atoms with Crippen LogP contribution in [0.5, 0.6) is 0 Å². The predicted molar refractivity (Wildman–Crippen MR) is 88.8 cm³/mol. The summed E-state index contributed by atoms with van der Waals surface area (Å²) >= 11 is 0. The van der Waals surface area contributed by atoms with Gasteiger partial charge in [0.25, 0.3) is 11.9 Å². The zero-order valence-corrected chi connectivity index (χ0v) is 13.4. The summed E-state index contributed by atoms with van der Waals surface area (Å²) in [5, 5.41) is 6.83. The molecule has 0 radical (unpaired) electrons. The Balaban J connectivity index is 1.45. The molecule has 4 rings (SSSR count). The van der Waals surface area contributed by atoms with Crippen molar-refractivity contribution in [2.45, 2.75) is 25.0 Å². The van der Waals surface area contributed by atoms with Gasteiger partial charge in [0.2, 0.25) is 5.95 Å². The lowest BCUT2D eigenvalue weighted by Gasteiger charge is -2.16. The third-order valence-electron chi connectivity index (χ3n) is 3.99. The molecule has 0 atom stereocenters. The second kappa shape index (κ2) is 6.40. The zero-order chi connectivity index (χ0) is 17.1. The predicted octanol–water partition coefficient (Wildman–Crippen LogP) is 1.75. The number of carbonyl (C=O) groups is 1. The molecule has 0 saturated heterocycles. The van der Waals surface area contributed by atoms with Crippen LogP contribution in [-0.2, 0) is 16.1 Å². The maximum absolute atomic E-state index is 12.6. The van der Waals surface area contributed by atoms with Gasteiger partial charge in [-0.05, 0) is 24.5 Å². The lowest BCUT2D eigenvalue weighted by molar-refractivity contribution is -0.131. The first kappa shape index (κ1) is 15.4. The fraction of sp³-hybridized carbons (Fsp3) is 0.235. The summed E-state index contributed by atoms with van der Waals surface area (Å²) < 4.78 is 7.26. The van der Waals surface area contributed by atoms with Gasteiger partial charge in [-0.1, -0.05) is 30.3 Å². The molecule has 8 heteroatoms. The summed E-state index contributed by atoms with van der Waals surface area (Å²) in [6, 6.07) is 11.5. The SMILES string of the molecule is O=C(Nc1ncnn1-c1ncccn1)C1(OCc2ccccc2)CC1. The third kappa shape index (κ3) is 3.24. The lowest BCUT2D eigenvalue weighted by Crippen LogP contribution is -2.33. The van der Waals surface area contributed by atoms with Gasteiger partial charge in [0, 0.05) is 12.4 Å². The van der Waals surface area contributed by atoms with Gasteiger partial charge in [0.05, 0.1) is 6.61 Å². The first-order valence-corrected chi connectivity index (χ1v) is 7.94. The number of nitrogens with one attached hydrogen (secondary N) is 1. The maximum atomic E-state index is 12.6. The molecule has 1 saturated carbocycles. The van der Waals surface area contributed by atoms with E-state index < -0.39 is 5.60 Å². The van der Waals surface area contributed by atoms with E-state index in [1.54, 1.807) is 18.5 Å². The topological polar surface area (TPSA) is 94.8 Å². The van der Waals surface area contributed by atoms with E-state index in [-0.39, 0.29) is 11.9 Å². The number of hydrogen-bond acceptors (Lipinski definition) is 6. The van der Waals surface area contributed by atoms with E-state index in [0.717, 1.165) is 5.56 Å². The van der Waals surface area contributed by atoms with Crippen LogP contribution in [0.1, 0.15) is 18.4 Å². The molecule has 2 heterocycles. The third-order valence-corrected chi connectivity index (χ3v) is 3.99. The first-order chi connectivity index (χ1) is 12.3. The van der Waals surface area contributed by atoms with Crippen molar-refractivity contribution in [1.82, 2.24) is 24.7 Å². The van der Waals surface area contributed by atoms with Gasteiger partial charge >= 0.3 is 0 Å². The van der Waals surface area contributed by atoms with E-state index in [9.17, 15) is 4.79 Å². The number of nitrogens with zero attached hydrogens (tertiary/aromatic N) is 5. The largest absolute Gasteiger partial charge is 0.360 e. The van der Waals surface area contributed by atoms with Crippen molar-refractivity contribution in [2.24, 2.45) is 0 Å². The Bertz CT molecular complexity index is 861. The Kier molecular flexibility index (Phi) is 3.95. The lowest BCUT2D eigenvalue weighted by atomic mass is 10.2. The molecule has 1 aliphatic rings. The highest BCUT2D eigenvalue weighted by Gasteiger charge is 2.51. The molecule has 1 fully saturated rings. The van der Waals surface area contributed by atoms with Gasteiger partial charge in [-0.3, -0.25) is 10.1 Å². The minimum atomic E-state index is -0.801. The van der Waals surface area contributed by atoms with Gasteiger partial charge < -0.3 is 4.74 Å². The molecule has 0 aliphatic heterocycles. The summed E-state index contributed by atoms with van der Waals surface area (Å²) in [5.74, 6) is 0.379. The fourth-order valence-corrected chi connectivity index (χ4v) is 2.44. The Hall–Kier alpha value is -3.13. The van der Waals surface area contributed by atoms with E-state index in [1.807, 2.05) is 30.3 Å². The first-order valence-electron chi connectivity index (χ1n) is 7.94. The molecule has 0 unspecified atom stereocenters. The quantitative estimate of drug-likeness (QED) is 0.737. The highest BCUT2D eigenvalue weighted by atomic mass is 16.5. The average Bonchev–Trinajstić information content (AvgIpc) is 3.33. The molecule has 2 aromatic heterocycles. The number of ether oxygens (including phenoxy) is 1. The van der Waals surface area contributed by atoms with Crippen molar-refractivity contribution in [2.75, 3.05) is 5.32 Å². The van der Waals surface area contributed by atoms with Gasteiger partial charge in [-0.25, -0.2) is 9.97 Å². The molecule has 126 valence electrons. The summed E-state index contributed by atoms with van der Waals surface area (Å²) in [6.45, 7) is 0.392. The van der Waals surface area contributed by atoms with Crippen molar-refractivity contribution in [3.63, 3.8) is 0 Å². The fourth-order valence-electron chi connectivity index (χ4n) is 2.44. The molecule has 1 amide bonds. The smallest absolute Gasteiger partial charge is 0.259 e. The number of aromatic nitrogens is 5. The zero-order valence-electron chi connectivity index (χ0n) is 13.4. The second-order valence-corrected chi connectivity index (χ2v) is 5.77. The minimum absolute atomic E-state index is 0.228. The van der Waals surface area contributed by atoms with Gasteiger partial charge in [-0.2, -0.15) is 14.8 Å². The summed E-state index contributed by atoms with van der Waals surface area (Å²) in [7, 11) is 0. The Morgan fingerprint density at radius 1 is 1.12 bits per heavy atom. The van der Waals surface area contributed by atoms with Crippen LogP contribution in [0.2, 0.25) is 0 Å². The van der Waals surface area contributed by atoms with Crippen molar-refractivity contribution in [3.8, 4) is 5.95 Å². The number of anilines is 1. The molecule has 0 bridgehead atoms. The number of benzene rings is 1. The monoisotopic (exact) mass is 336 g/mol. The van der Waals surface area contributed by atoms with E-state index in [4.69, 9.17) is 4.74 Å². The van der Waals surface area contributed by atoms with Gasteiger partial charge in [-0.15, -0.1) is 0 Å². The summed E-state index contributed by atoms with van der Waals surface area (Å²) in [4.78, 5) is 24.9. The van der Waals surface area contributed by atoms with E-state index in [1.165, 1.54) is 11.0 Å². The highest BCUT2D eigenvalue weighted by Crippen LogP contribution is 2.41. The molecule has 1 aromatic carbocycles. The van der Waals surface area contributed by atoms with E-state index in [0.29, 0.717) is 25.4 Å². The Morgan fingerprint density at radius 2 is 1.88 bits per heavy atom. The van der Waals surface area contributed by atoms with Crippen LogP contribution in [0.25, 0.3) is 5.95 Å². The maximum Gasteiger partial charge on any atom is 0.259 e. The van der Waals surface area contributed by atoms with Crippen molar-refractivity contribution >= 4 is 11.9 Å². The van der Waals surface area contributed by atoms with Crippen LogP contribution < -0.4 is 5.32 Å². The van der Waals surface area contributed by atoms with Gasteiger partial charge in [0.15, 0.2) is 0 Å². The number of hydrogen-bond donors (Lipinski definition) is 1. The van der Waals surface area contributed by atoms with Crippen LogP contribution in [0.15, 0.2) is 55.1 Å².